The first-order valence-electron chi connectivity index (χ1n) is 12.6. The molecule has 28 heteroatoms. The molecule has 0 aliphatic carbocycles. The van der Waals surface area contributed by atoms with E-state index >= 15 is 0 Å². The van der Waals surface area contributed by atoms with Crippen LogP contribution in [0.1, 0.15) is 13.2 Å². The summed E-state index contributed by atoms with van der Waals surface area (Å²) in [5, 5.41) is 25.1. The molecule has 1 fully saturated rings. The summed E-state index contributed by atoms with van der Waals surface area (Å²) in [5.74, 6) is -1.55. The van der Waals surface area contributed by atoms with E-state index in [1.54, 1.807) is 0 Å². The van der Waals surface area contributed by atoms with Crippen LogP contribution in [-0.4, -0.2) is 103 Å². The Labute approximate surface area is 262 Å². The van der Waals surface area contributed by atoms with Gasteiger partial charge in [0.25, 0.3) is 23.5 Å². The van der Waals surface area contributed by atoms with Crippen molar-refractivity contribution in [3.63, 3.8) is 0 Å². The number of nitrogens with two attached hydrogens (primary N) is 2. The molecule has 1 aliphatic rings. The Bertz CT molecular complexity index is 1620. The van der Waals surface area contributed by atoms with Crippen molar-refractivity contribution in [1.82, 2.24) is 30.2 Å². The zero-order valence-corrected chi connectivity index (χ0v) is 26.8. The lowest BCUT2D eigenvalue weighted by Gasteiger charge is -2.33. The van der Waals surface area contributed by atoms with Crippen LogP contribution in [0.15, 0.2) is 6.33 Å². The molecule has 10 N–H and O–H groups in total. The van der Waals surface area contributed by atoms with E-state index in [-0.39, 0.29) is 34.8 Å². The second-order valence-electron chi connectivity index (χ2n) is 9.34. The standard InChI is InChI=1S/C18H31N8O16P3S/c1-7(27)10(19)15(30)22-3-2-21-9(28)5-38-13-12(29)8(4-39-44(34,35)42-45(36,37)41-43(31,32)33)40-17(13)26-6-23-11-14(26)24-18(20)25-16(11)46/h6-8,10,12-13,17,27,29H,2-5,19H2,1H3,(H,21,28)(H,22,30)(H,34,35)(H,36,37)(H2,31,32,33)(H3,20,24,25,46)/p-3/t7?,8-,10?,12+,13?,17-/m1/s1. The molecule has 6 unspecified atom stereocenters. The van der Waals surface area contributed by atoms with Crippen molar-refractivity contribution in [3.8, 4) is 0 Å². The fourth-order valence-corrected chi connectivity index (χ4v) is 6.95. The van der Waals surface area contributed by atoms with Gasteiger partial charge in [-0.3, -0.25) is 27.9 Å². The number of nitrogens with one attached hydrogen (secondary N) is 3. The molecule has 24 nitrogen and oxygen atoms in total. The Balaban J connectivity index is 1.72. The Morgan fingerprint density at radius 2 is 1.87 bits per heavy atom. The van der Waals surface area contributed by atoms with Crippen LogP contribution in [0.2, 0.25) is 0 Å². The molecule has 3 heterocycles. The number of carbonyl (C=O) groups is 2. The van der Waals surface area contributed by atoms with Crippen molar-refractivity contribution in [1.29, 1.82) is 0 Å². The summed E-state index contributed by atoms with van der Waals surface area (Å²) >= 11 is 5.12. The van der Waals surface area contributed by atoms with Crippen LogP contribution in [0.3, 0.4) is 0 Å². The van der Waals surface area contributed by atoms with E-state index in [4.69, 9.17) is 38.1 Å². The van der Waals surface area contributed by atoms with Gasteiger partial charge in [-0.05, 0) is 6.92 Å². The summed E-state index contributed by atoms with van der Waals surface area (Å²) in [4.78, 5) is 77.5. The van der Waals surface area contributed by atoms with E-state index in [2.05, 4.69) is 38.7 Å². The number of phosphoric acid groups is 3. The van der Waals surface area contributed by atoms with Gasteiger partial charge in [0.15, 0.2) is 16.8 Å². The van der Waals surface area contributed by atoms with Crippen molar-refractivity contribution in [2.45, 2.75) is 43.6 Å². The predicted octanol–water partition coefficient (Wildman–Crippen LogP) is -4.90. The van der Waals surface area contributed by atoms with Gasteiger partial charge in [-0.25, -0.2) is 18.6 Å². The summed E-state index contributed by atoms with van der Waals surface area (Å²) in [5.41, 5.74) is 11.5. The zero-order valence-electron chi connectivity index (χ0n) is 23.3. The molecule has 46 heavy (non-hydrogen) atoms. The largest absolute Gasteiger partial charge is 0.756 e. The number of anilines is 1. The topological polar surface area (TPSA) is 384 Å². The predicted molar refractivity (Wildman–Crippen MR) is 146 cm³/mol. The second-order valence-corrected chi connectivity index (χ2v) is 14.0. The smallest absolute Gasteiger partial charge is 0.280 e. The normalized spacial score (nSPS) is 25.2. The number of fused-ring (bicyclic) bond motifs is 1. The number of amides is 2. The number of hydrogen-bond donors (Lipinski definition) is 8. The highest BCUT2D eigenvalue weighted by atomic mass is 32.1. The summed E-state index contributed by atoms with van der Waals surface area (Å²) in [7, 11) is -18.1. The molecule has 2 aromatic rings. The number of rotatable bonds is 16. The van der Waals surface area contributed by atoms with Crippen molar-refractivity contribution in [3.05, 3.63) is 11.0 Å². The maximum atomic E-state index is 12.4. The van der Waals surface area contributed by atoms with Crippen molar-refractivity contribution >= 4 is 64.6 Å². The molecule has 0 saturated carbocycles. The minimum absolute atomic E-state index is 0.0269. The van der Waals surface area contributed by atoms with Gasteiger partial charge in [0.2, 0.25) is 11.8 Å². The molecule has 0 spiro atoms. The number of imidazole rings is 1. The molecule has 2 amide bonds. The Hall–Kier alpha value is -2.28. The van der Waals surface area contributed by atoms with E-state index in [1.807, 2.05) is 0 Å². The number of aromatic nitrogens is 4. The highest BCUT2D eigenvalue weighted by Crippen LogP contribution is 2.61. The van der Waals surface area contributed by atoms with Crippen LogP contribution in [0.5, 0.6) is 0 Å². The fourth-order valence-electron chi connectivity index (χ4n) is 3.81. The van der Waals surface area contributed by atoms with Crippen molar-refractivity contribution in [2.75, 3.05) is 32.0 Å². The Morgan fingerprint density at radius 3 is 2.50 bits per heavy atom. The number of aliphatic hydroxyl groups excluding tert-OH is 2. The van der Waals surface area contributed by atoms with Crippen LogP contribution in [0.4, 0.5) is 5.95 Å². The molecule has 2 aromatic heterocycles. The van der Waals surface area contributed by atoms with Crippen LogP contribution >= 0.6 is 35.7 Å². The minimum Gasteiger partial charge on any atom is -0.756 e. The minimum atomic E-state index is -6.19. The molecule has 0 radical (unpaired) electrons. The van der Waals surface area contributed by atoms with E-state index in [9.17, 15) is 48.2 Å². The van der Waals surface area contributed by atoms with Gasteiger partial charge in [0, 0.05) is 13.1 Å². The molecule has 1 saturated heterocycles. The van der Waals surface area contributed by atoms with E-state index in [0.29, 0.717) is 0 Å². The number of phosphoric ester groups is 1. The molecular weight excluding hydrogens is 709 g/mol. The van der Waals surface area contributed by atoms with Gasteiger partial charge in [-0.2, -0.15) is 0 Å². The van der Waals surface area contributed by atoms with Gasteiger partial charge in [-0.15, -0.1) is 0 Å². The molecule has 9 atom stereocenters. The third-order valence-corrected chi connectivity index (χ3v) is 9.80. The zero-order chi connectivity index (χ0) is 34.6. The first-order chi connectivity index (χ1) is 21.2. The number of nitrogen functional groups attached to an aromatic ring is 1. The van der Waals surface area contributed by atoms with E-state index < -0.39 is 85.2 Å². The average molecular weight is 737 g/mol. The Kier molecular flexibility index (Phi) is 12.7. The number of ether oxygens (including phenoxy) is 2. The molecular formula is C18H28N8O16P3S-3. The monoisotopic (exact) mass is 737 g/mol. The highest BCUT2D eigenvalue weighted by molar-refractivity contribution is 7.71. The number of aliphatic hydroxyl groups is 2. The van der Waals surface area contributed by atoms with Gasteiger partial charge in [0.05, 0.1) is 19.0 Å². The van der Waals surface area contributed by atoms with Gasteiger partial charge >= 0.3 is 0 Å². The van der Waals surface area contributed by atoms with Gasteiger partial charge in [-0.1, -0.05) is 12.2 Å². The van der Waals surface area contributed by atoms with Crippen LogP contribution < -0.4 is 36.8 Å². The van der Waals surface area contributed by atoms with Gasteiger partial charge < -0.3 is 70.9 Å². The van der Waals surface area contributed by atoms with E-state index in [1.165, 1.54) is 17.8 Å². The SMILES string of the molecule is CC(O)C(N)C(=O)NCCNC(=O)COC1[C@@H](O)[C@@H](COP(=O)([O-])OP(=O)([O-])OP(=O)([O-])O)O[C@H]1n1cnc2c(=S)nc(N)[nH]c21. The summed E-state index contributed by atoms with van der Waals surface area (Å²) in [6.45, 7) is -0.718. The van der Waals surface area contributed by atoms with E-state index in [0.717, 1.165) is 0 Å². The maximum Gasteiger partial charge on any atom is 0.280 e. The average Bonchev–Trinajstić information content (AvgIpc) is 3.46. The number of aromatic amines is 1. The van der Waals surface area contributed by atoms with Crippen LogP contribution in [0.25, 0.3) is 11.2 Å². The lowest BCUT2D eigenvalue weighted by molar-refractivity contribution is -0.250. The first-order valence-corrected chi connectivity index (χ1v) is 17.4. The molecule has 0 aromatic carbocycles. The molecule has 260 valence electrons. The third-order valence-electron chi connectivity index (χ3n) is 5.83. The second kappa shape index (κ2) is 15.3. The fraction of sp³-hybridized carbons (Fsp3) is 0.611. The van der Waals surface area contributed by atoms with Crippen molar-refractivity contribution in [2.24, 2.45) is 5.73 Å². The van der Waals surface area contributed by atoms with Gasteiger partial charge in [0.1, 0.15) is 42.1 Å². The number of carbonyl (C=O) groups excluding carboxylic acids is 2. The lowest BCUT2D eigenvalue weighted by atomic mass is 10.1. The first kappa shape index (κ1) is 38.2. The van der Waals surface area contributed by atoms with Crippen molar-refractivity contribution < 1.29 is 75.7 Å². The summed E-state index contributed by atoms with van der Waals surface area (Å²) in [6.07, 6.45) is -6.28. The Morgan fingerprint density at radius 1 is 1.22 bits per heavy atom. The summed E-state index contributed by atoms with van der Waals surface area (Å²) < 4.78 is 57.8. The molecule has 3 rings (SSSR count). The highest BCUT2D eigenvalue weighted by Gasteiger charge is 2.47. The maximum absolute atomic E-state index is 12.4. The lowest BCUT2D eigenvalue weighted by Crippen LogP contribution is -2.49. The van der Waals surface area contributed by atoms with Crippen LogP contribution in [0, 0.1) is 4.64 Å². The molecule has 1 aliphatic heterocycles. The third kappa shape index (κ3) is 10.6. The number of nitrogens with zero attached hydrogens (tertiary/aromatic N) is 3. The van der Waals surface area contributed by atoms with Crippen LogP contribution in [-0.2, 0) is 45.9 Å². The number of hydrogen-bond acceptors (Lipinski definition) is 20. The summed E-state index contributed by atoms with van der Waals surface area (Å²) in [6, 6.07) is -1.19. The molecule has 0 bridgehead atoms. The number of H-pyrrole nitrogens is 1. The quantitative estimate of drug-likeness (QED) is 0.0454.